The number of amides is 1. The van der Waals surface area contributed by atoms with Gasteiger partial charge in [-0.1, -0.05) is 5.16 Å². The van der Waals surface area contributed by atoms with E-state index in [2.05, 4.69) is 5.16 Å². The topological polar surface area (TPSA) is 88.2 Å². The van der Waals surface area contributed by atoms with Crippen LogP contribution >= 0.6 is 0 Å². The number of ether oxygens (including phenoxy) is 1. The molecule has 1 amide bonds. The Balaban J connectivity index is 2.60. The largest absolute Gasteiger partial charge is 0.444 e. The molecule has 0 aromatic heterocycles. The lowest BCUT2D eigenvalue weighted by atomic mass is 9.91. The molecule has 104 valence electrons. The maximum absolute atomic E-state index is 12.0. The minimum atomic E-state index is -0.487. The molecule has 0 bridgehead atoms. The number of likely N-dealkylation sites (tertiary alicyclic amines) is 1. The zero-order chi connectivity index (χ0) is 13.9. The van der Waals surface area contributed by atoms with Gasteiger partial charge in [0.05, 0.1) is 0 Å². The molecule has 6 heteroatoms. The Morgan fingerprint density at radius 2 is 2.11 bits per heavy atom. The number of nitrogens with zero attached hydrogens (tertiary/aromatic N) is 2. The van der Waals surface area contributed by atoms with Crippen LogP contribution in [0.15, 0.2) is 5.16 Å². The van der Waals surface area contributed by atoms with Crippen LogP contribution in [0.3, 0.4) is 0 Å². The van der Waals surface area contributed by atoms with Crippen LogP contribution in [0.25, 0.3) is 0 Å². The van der Waals surface area contributed by atoms with Crippen molar-refractivity contribution in [3.63, 3.8) is 0 Å². The van der Waals surface area contributed by atoms with Crippen molar-refractivity contribution in [2.45, 2.75) is 52.2 Å². The summed E-state index contributed by atoms with van der Waals surface area (Å²) >= 11 is 0. The maximum atomic E-state index is 12.0. The maximum Gasteiger partial charge on any atom is 0.410 e. The smallest absolute Gasteiger partial charge is 0.410 e. The van der Waals surface area contributed by atoms with Crippen molar-refractivity contribution < 1.29 is 14.7 Å². The summed E-state index contributed by atoms with van der Waals surface area (Å²) in [6.07, 6.45) is 1.09. The van der Waals surface area contributed by atoms with E-state index >= 15 is 0 Å². The van der Waals surface area contributed by atoms with E-state index < -0.39 is 5.60 Å². The first-order chi connectivity index (χ1) is 8.24. The van der Waals surface area contributed by atoms with Crippen LogP contribution in [0.2, 0.25) is 0 Å². The van der Waals surface area contributed by atoms with Gasteiger partial charge in [0.1, 0.15) is 11.4 Å². The van der Waals surface area contributed by atoms with Crippen LogP contribution in [0.5, 0.6) is 0 Å². The molecule has 0 spiro atoms. The Morgan fingerprint density at radius 1 is 1.50 bits per heavy atom. The molecular formula is C12H23N3O3. The standard InChI is InChI=1S/C12H23N3O3/c1-8-7-9(10(13)14-17)5-6-15(8)11(16)18-12(2,3)4/h8-9,17H,5-7H2,1-4H3,(H2,13,14). The monoisotopic (exact) mass is 257 g/mol. The van der Waals surface area contributed by atoms with E-state index in [1.54, 1.807) is 4.90 Å². The van der Waals surface area contributed by atoms with Gasteiger partial charge in [0, 0.05) is 18.5 Å². The van der Waals surface area contributed by atoms with Crippen LogP contribution in [0, 0.1) is 5.92 Å². The highest BCUT2D eigenvalue weighted by molar-refractivity contribution is 5.82. The molecule has 1 fully saturated rings. The van der Waals surface area contributed by atoms with Crippen molar-refractivity contribution in [2.75, 3.05) is 6.54 Å². The molecule has 0 saturated carbocycles. The van der Waals surface area contributed by atoms with Gasteiger partial charge in [0.25, 0.3) is 0 Å². The fourth-order valence-electron chi connectivity index (χ4n) is 2.11. The number of piperidine rings is 1. The zero-order valence-corrected chi connectivity index (χ0v) is 11.5. The van der Waals surface area contributed by atoms with E-state index in [0.717, 1.165) is 0 Å². The number of carbonyl (C=O) groups is 1. The SMILES string of the molecule is CC1CC(/C(N)=N/O)CCN1C(=O)OC(C)(C)C. The first kappa shape index (κ1) is 14.6. The molecular weight excluding hydrogens is 234 g/mol. The minimum Gasteiger partial charge on any atom is -0.444 e. The highest BCUT2D eigenvalue weighted by Gasteiger charge is 2.33. The van der Waals surface area contributed by atoms with Crippen molar-refractivity contribution in [3.05, 3.63) is 0 Å². The summed E-state index contributed by atoms with van der Waals surface area (Å²) in [4.78, 5) is 13.7. The third-order valence-electron chi connectivity index (χ3n) is 3.04. The van der Waals surface area contributed by atoms with E-state index in [9.17, 15) is 4.79 Å². The fraction of sp³-hybridized carbons (Fsp3) is 0.833. The van der Waals surface area contributed by atoms with Gasteiger partial charge in [-0.15, -0.1) is 0 Å². The number of hydrogen-bond acceptors (Lipinski definition) is 4. The third-order valence-corrected chi connectivity index (χ3v) is 3.04. The number of amidine groups is 1. The lowest BCUT2D eigenvalue weighted by Gasteiger charge is -2.37. The second-order valence-electron chi connectivity index (χ2n) is 5.77. The molecule has 1 saturated heterocycles. The second-order valence-corrected chi connectivity index (χ2v) is 5.77. The average Bonchev–Trinajstić information content (AvgIpc) is 2.25. The molecule has 0 aromatic carbocycles. The Hall–Kier alpha value is -1.46. The molecule has 6 nitrogen and oxygen atoms in total. The van der Waals surface area contributed by atoms with Crippen molar-refractivity contribution in [2.24, 2.45) is 16.8 Å². The molecule has 1 heterocycles. The summed E-state index contributed by atoms with van der Waals surface area (Å²) in [5.41, 5.74) is 5.11. The van der Waals surface area contributed by atoms with Gasteiger partial charge in [-0.2, -0.15) is 0 Å². The number of hydrogen-bond donors (Lipinski definition) is 2. The molecule has 0 aliphatic carbocycles. The molecule has 2 atom stereocenters. The third kappa shape index (κ3) is 3.78. The van der Waals surface area contributed by atoms with Crippen molar-refractivity contribution in [1.29, 1.82) is 0 Å². The molecule has 0 radical (unpaired) electrons. The molecule has 1 aliphatic heterocycles. The molecule has 3 N–H and O–H groups in total. The van der Waals surface area contributed by atoms with Crippen molar-refractivity contribution in [1.82, 2.24) is 4.90 Å². The zero-order valence-electron chi connectivity index (χ0n) is 11.5. The van der Waals surface area contributed by atoms with Crippen molar-refractivity contribution >= 4 is 11.9 Å². The van der Waals surface area contributed by atoms with E-state index in [1.807, 2.05) is 27.7 Å². The van der Waals surface area contributed by atoms with Gasteiger partial charge in [-0.3, -0.25) is 0 Å². The Bertz CT molecular complexity index is 336. The lowest BCUT2D eigenvalue weighted by Crippen LogP contribution is -2.48. The van der Waals surface area contributed by atoms with Crippen LogP contribution in [-0.2, 0) is 4.74 Å². The molecule has 0 aromatic rings. The highest BCUT2D eigenvalue weighted by atomic mass is 16.6. The van der Waals surface area contributed by atoms with Crippen LogP contribution in [0.4, 0.5) is 4.79 Å². The Kier molecular flexibility index (Phi) is 4.43. The summed E-state index contributed by atoms with van der Waals surface area (Å²) in [7, 11) is 0. The number of carbonyl (C=O) groups excluding carboxylic acids is 1. The van der Waals surface area contributed by atoms with Crippen LogP contribution < -0.4 is 5.73 Å². The van der Waals surface area contributed by atoms with Crippen LogP contribution in [-0.4, -0.2) is 40.2 Å². The normalized spacial score (nSPS) is 26.0. The van der Waals surface area contributed by atoms with Gasteiger partial charge >= 0.3 is 6.09 Å². The average molecular weight is 257 g/mol. The first-order valence-corrected chi connectivity index (χ1v) is 6.21. The number of rotatable bonds is 1. The van der Waals surface area contributed by atoms with E-state index in [0.29, 0.717) is 19.4 Å². The predicted molar refractivity (Wildman–Crippen MR) is 68.5 cm³/mol. The van der Waals surface area contributed by atoms with Gasteiger partial charge in [0.2, 0.25) is 0 Å². The van der Waals surface area contributed by atoms with Gasteiger partial charge in [-0.25, -0.2) is 4.79 Å². The van der Waals surface area contributed by atoms with Gasteiger partial charge in [-0.05, 0) is 40.5 Å². The van der Waals surface area contributed by atoms with E-state index in [-0.39, 0.29) is 23.9 Å². The summed E-state index contributed by atoms with van der Waals surface area (Å²) in [6, 6.07) is 0.0268. The predicted octanol–water partition coefficient (Wildman–Crippen LogP) is 1.77. The molecule has 1 aliphatic rings. The number of oxime groups is 1. The highest BCUT2D eigenvalue weighted by Crippen LogP contribution is 2.24. The lowest BCUT2D eigenvalue weighted by molar-refractivity contribution is 0.00976. The molecule has 18 heavy (non-hydrogen) atoms. The van der Waals surface area contributed by atoms with E-state index in [4.69, 9.17) is 15.7 Å². The van der Waals surface area contributed by atoms with Gasteiger partial charge in [0.15, 0.2) is 0 Å². The summed E-state index contributed by atoms with van der Waals surface area (Å²) in [6.45, 7) is 8.05. The van der Waals surface area contributed by atoms with Gasteiger partial charge < -0.3 is 20.6 Å². The summed E-state index contributed by atoms with van der Waals surface area (Å²) in [5, 5.41) is 11.7. The first-order valence-electron chi connectivity index (χ1n) is 6.21. The second kappa shape index (κ2) is 5.46. The summed E-state index contributed by atoms with van der Waals surface area (Å²) in [5.74, 6) is 0.273. The Labute approximate surface area is 108 Å². The minimum absolute atomic E-state index is 0.0268. The summed E-state index contributed by atoms with van der Waals surface area (Å²) < 4.78 is 5.35. The Morgan fingerprint density at radius 3 is 2.56 bits per heavy atom. The number of nitrogens with two attached hydrogens (primary N) is 1. The van der Waals surface area contributed by atoms with E-state index in [1.165, 1.54) is 0 Å². The molecule has 2 unspecified atom stereocenters. The van der Waals surface area contributed by atoms with Crippen molar-refractivity contribution in [3.8, 4) is 0 Å². The van der Waals surface area contributed by atoms with Crippen LogP contribution in [0.1, 0.15) is 40.5 Å². The quantitative estimate of drug-likeness (QED) is 0.324. The fourth-order valence-corrected chi connectivity index (χ4v) is 2.11. The molecule has 1 rings (SSSR count).